The van der Waals surface area contributed by atoms with Gasteiger partial charge >= 0.3 is 0 Å². The van der Waals surface area contributed by atoms with Gasteiger partial charge in [-0.3, -0.25) is 0 Å². The summed E-state index contributed by atoms with van der Waals surface area (Å²) in [7, 11) is 0. The van der Waals surface area contributed by atoms with Gasteiger partial charge in [0.2, 0.25) is 0 Å². The van der Waals surface area contributed by atoms with Gasteiger partial charge in [0, 0.05) is 18.8 Å². The highest BCUT2D eigenvalue weighted by Crippen LogP contribution is 2.25. The Kier molecular flexibility index (Phi) is 2.82. The minimum atomic E-state index is -0.497. The second-order valence-corrected chi connectivity index (χ2v) is 4.35. The first-order valence-electron chi connectivity index (χ1n) is 5.32. The third-order valence-electron chi connectivity index (χ3n) is 3.04. The molecule has 0 bridgehead atoms. The van der Waals surface area contributed by atoms with Crippen LogP contribution in [0.25, 0.3) is 0 Å². The molecular formula is C12H15N3O. The summed E-state index contributed by atoms with van der Waals surface area (Å²) in [6, 6.07) is 9.57. The Hall–Kier alpha value is -1.57. The van der Waals surface area contributed by atoms with Crippen LogP contribution in [0.3, 0.4) is 0 Å². The lowest BCUT2D eigenvalue weighted by molar-refractivity contribution is 0.210. The molecule has 84 valence electrons. The molecule has 1 fully saturated rings. The number of nitriles is 1. The Morgan fingerprint density at radius 1 is 1.56 bits per heavy atom. The summed E-state index contributed by atoms with van der Waals surface area (Å²) in [5.41, 5.74) is 7.15. The van der Waals surface area contributed by atoms with E-state index in [4.69, 9.17) is 11.0 Å². The van der Waals surface area contributed by atoms with Gasteiger partial charge in [-0.05, 0) is 24.6 Å². The standard InChI is InChI=1S/C12H15N3O/c13-7-10-2-1-3-11(6-10)15-5-4-12(14,8-15)9-16/h1-3,6,16H,4-5,8-9,14H2. The number of nitrogens with two attached hydrogens (primary N) is 1. The lowest BCUT2D eigenvalue weighted by atomic mass is 10.0. The molecule has 3 N–H and O–H groups in total. The van der Waals surface area contributed by atoms with Gasteiger partial charge in [0.05, 0.1) is 23.8 Å². The SMILES string of the molecule is N#Cc1cccc(N2CCC(N)(CO)C2)c1. The van der Waals surface area contributed by atoms with E-state index in [0.717, 1.165) is 18.7 Å². The maximum atomic E-state index is 9.19. The van der Waals surface area contributed by atoms with E-state index in [0.29, 0.717) is 12.1 Å². The van der Waals surface area contributed by atoms with Crippen molar-refractivity contribution in [1.29, 1.82) is 5.26 Å². The molecule has 1 saturated heterocycles. The zero-order chi connectivity index (χ0) is 11.6. The summed E-state index contributed by atoms with van der Waals surface area (Å²) in [5, 5.41) is 18.0. The Morgan fingerprint density at radius 3 is 3.00 bits per heavy atom. The Balaban J connectivity index is 2.18. The van der Waals surface area contributed by atoms with Gasteiger partial charge < -0.3 is 15.7 Å². The molecule has 0 aromatic heterocycles. The van der Waals surface area contributed by atoms with Gasteiger partial charge in [0.25, 0.3) is 0 Å². The van der Waals surface area contributed by atoms with Crippen LogP contribution in [0.15, 0.2) is 24.3 Å². The summed E-state index contributed by atoms with van der Waals surface area (Å²) >= 11 is 0. The van der Waals surface area contributed by atoms with E-state index in [-0.39, 0.29) is 6.61 Å². The van der Waals surface area contributed by atoms with Gasteiger partial charge in [-0.15, -0.1) is 0 Å². The lowest BCUT2D eigenvalue weighted by Crippen LogP contribution is -2.46. The average molecular weight is 217 g/mol. The van der Waals surface area contributed by atoms with E-state index < -0.39 is 5.54 Å². The van der Waals surface area contributed by atoms with Crippen LogP contribution < -0.4 is 10.6 Å². The minimum Gasteiger partial charge on any atom is -0.394 e. The van der Waals surface area contributed by atoms with Crippen LogP contribution in [0, 0.1) is 11.3 Å². The fourth-order valence-corrected chi connectivity index (χ4v) is 2.02. The van der Waals surface area contributed by atoms with E-state index >= 15 is 0 Å². The summed E-state index contributed by atoms with van der Waals surface area (Å²) in [4.78, 5) is 2.11. The van der Waals surface area contributed by atoms with E-state index in [2.05, 4.69) is 11.0 Å². The molecule has 4 nitrogen and oxygen atoms in total. The second-order valence-electron chi connectivity index (χ2n) is 4.35. The highest BCUT2D eigenvalue weighted by Gasteiger charge is 2.33. The Bertz CT molecular complexity index is 427. The van der Waals surface area contributed by atoms with Crippen molar-refractivity contribution in [3.63, 3.8) is 0 Å². The van der Waals surface area contributed by atoms with Gasteiger partial charge in [-0.2, -0.15) is 5.26 Å². The lowest BCUT2D eigenvalue weighted by Gasteiger charge is -2.23. The molecule has 0 aliphatic carbocycles. The molecule has 1 atom stereocenters. The van der Waals surface area contributed by atoms with Crippen LogP contribution in [0.2, 0.25) is 0 Å². The van der Waals surface area contributed by atoms with Gasteiger partial charge in [-0.1, -0.05) is 6.07 Å². The molecule has 0 radical (unpaired) electrons. The van der Waals surface area contributed by atoms with Gasteiger partial charge in [-0.25, -0.2) is 0 Å². The normalized spacial score (nSPS) is 24.4. The molecule has 2 rings (SSSR count). The number of hydrogen-bond donors (Lipinski definition) is 2. The fraction of sp³-hybridized carbons (Fsp3) is 0.417. The predicted molar refractivity (Wildman–Crippen MR) is 62.0 cm³/mol. The maximum Gasteiger partial charge on any atom is 0.0992 e. The minimum absolute atomic E-state index is 0.00143. The zero-order valence-electron chi connectivity index (χ0n) is 9.06. The Labute approximate surface area is 94.9 Å². The molecule has 0 spiro atoms. The van der Waals surface area contributed by atoms with E-state index in [1.165, 1.54) is 0 Å². The highest BCUT2D eigenvalue weighted by atomic mass is 16.3. The largest absolute Gasteiger partial charge is 0.394 e. The molecule has 1 aliphatic rings. The molecule has 16 heavy (non-hydrogen) atoms. The van der Waals surface area contributed by atoms with Crippen molar-refractivity contribution in [3.05, 3.63) is 29.8 Å². The van der Waals surface area contributed by atoms with Crippen molar-refractivity contribution in [2.45, 2.75) is 12.0 Å². The molecule has 4 heteroatoms. The third kappa shape index (κ3) is 2.01. The maximum absolute atomic E-state index is 9.19. The van der Waals surface area contributed by atoms with Crippen molar-refractivity contribution >= 4 is 5.69 Å². The molecule has 0 saturated carbocycles. The first kappa shape index (κ1) is 10.9. The molecular weight excluding hydrogens is 202 g/mol. The predicted octanol–water partition coefficient (Wildman–Crippen LogP) is 0.458. The van der Waals surface area contributed by atoms with Crippen LogP contribution in [-0.2, 0) is 0 Å². The molecule has 1 heterocycles. The summed E-state index contributed by atoms with van der Waals surface area (Å²) < 4.78 is 0. The van der Waals surface area contributed by atoms with Crippen LogP contribution in [0.5, 0.6) is 0 Å². The first-order valence-corrected chi connectivity index (χ1v) is 5.32. The Morgan fingerprint density at radius 2 is 2.38 bits per heavy atom. The molecule has 1 aliphatic heterocycles. The molecule has 0 amide bonds. The van der Waals surface area contributed by atoms with Crippen LogP contribution in [0.4, 0.5) is 5.69 Å². The quantitative estimate of drug-likeness (QED) is 0.754. The average Bonchev–Trinajstić information content (AvgIpc) is 2.73. The smallest absolute Gasteiger partial charge is 0.0992 e. The van der Waals surface area contributed by atoms with E-state index in [1.807, 2.05) is 18.2 Å². The number of aliphatic hydroxyl groups is 1. The molecule has 1 aromatic rings. The summed E-state index contributed by atoms with van der Waals surface area (Å²) in [6.45, 7) is 1.46. The van der Waals surface area contributed by atoms with Crippen LogP contribution >= 0.6 is 0 Å². The van der Waals surface area contributed by atoms with E-state index in [1.54, 1.807) is 6.07 Å². The van der Waals surface area contributed by atoms with Crippen molar-refractivity contribution in [3.8, 4) is 6.07 Å². The van der Waals surface area contributed by atoms with Crippen molar-refractivity contribution in [2.24, 2.45) is 5.73 Å². The number of nitrogens with zero attached hydrogens (tertiary/aromatic N) is 2. The number of rotatable bonds is 2. The van der Waals surface area contributed by atoms with Crippen molar-refractivity contribution < 1.29 is 5.11 Å². The van der Waals surface area contributed by atoms with Gasteiger partial charge in [0.15, 0.2) is 0 Å². The van der Waals surface area contributed by atoms with E-state index in [9.17, 15) is 5.11 Å². The van der Waals surface area contributed by atoms with Crippen molar-refractivity contribution in [1.82, 2.24) is 0 Å². The number of aliphatic hydroxyl groups excluding tert-OH is 1. The second kappa shape index (κ2) is 4.12. The molecule has 1 unspecified atom stereocenters. The number of benzene rings is 1. The van der Waals surface area contributed by atoms with Crippen molar-refractivity contribution in [2.75, 3.05) is 24.6 Å². The summed E-state index contributed by atoms with van der Waals surface area (Å²) in [5.74, 6) is 0. The number of anilines is 1. The zero-order valence-corrected chi connectivity index (χ0v) is 9.06. The topological polar surface area (TPSA) is 73.3 Å². The fourth-order valence-electron chi connectivity index (χ4n) is 2.02. The van der Waals surface area contributed by atoms with Crippen LogP contribution in [0.1, 0.15) is 12.0 Å². The third-order valence-corrected chi connectivity index (χ3v) is 3.04. The number of hydrogen-bond acceptors (Lipinski definition) is 4. The van der Waals surface area contributed by atoms with Gasteiger partial charge in [0.1, 0.15) is 0 Å². The monoisotopic (exact) mass is 217 g/mol. The first-order chi connectivity index (χ1) is 7.67. The highest BCUT2D eigenvalue weighted by molar-refractivity contribution is 5.52. The summed E-state index contributed by atoms with van der Waals surface area (Å²) in [6.07, 6.45) is 0.778. The molecule has 1 aromatic carbocycles. The van der Waals surface area contributed by atoms with Crippen LogP contribution in [-0.4, -0.2) is 30.3 Å².